The van der Waals surface area contributed by atoms with Crippen LogP contribution in [0.25, 0.3) is 10.9 Å². The Morgan fingerprint density at radius 3 is 1.33 bits per heavy atom. The molecule has 122 heavy (non-hydrogen) atoms. The van der Waals surface area contributed by atoms with Crippen molar-refractivity contribution < 1.29 is 117 Å². The van der Waals surface area contributed by atoms with E-state index in [0.717, 1.165) is 6.92 Å². The Hall–Kier alpha value is -11.5. The van der Waals surface area contributed by atoms with Crippen LogP contribution in [0.3, 0.4) is 0 Å². The van der Waals surface area contributed by atoms with Crippen molar-refractivity contribution in [3.63, 3.8) is 0 Å². The van der Waals surface area contributed by atoms with Crippen LogP contribution in [-0.4, -0.2) is 266 Å². The summed E-state index contributed by atoms with van der Waals surface area (Å²) in [6, 6.07) is -17.0. The third-order valence-electron chi connectivity index (χ3n) is 19.5. The van der Waals surface area contributed by atoms with Gasteiger partial charge in [0.25, 0.3) is 0 Å². The minimum absolute atomic E-state index is 0.0324. The normalized spacial score (nSPS) is 15.2. The summed E-state index contributed by atoms with van der Waals surface area (Å²) in [6.45, 7) is 12.4. The number of primary amides is 2. The predicted octanol–water partition coefficient (Wildman–Crippen LogP) is -7.20. The maximum absolute atomic E-state index is 14.6. The number of hydrogen-bond acceptors (Lipinski definition) is 25. The van der Waals surface area contributed by atoms with E-state index in [0.29, 0.717) is 61.7 Å². The van der Waals surface area contributed by atoms with Gasteiger partial charge in [-0.15, -0.1) is 0 Å². The highest BCUT2D eigenvalue weighted by atomic mass is 16.4. The van der Waals surface area contributed by atoms with Crippen LogP contribution in [0.4, 0.5) is 0 Å². The van der Waals surface area contributed by atoms with Gasteiger partial charge in [0, 0.05) is 29.9 Å². The summed E-state index contributed by atoms with van der Waals surface area (Å²) in [6.07, 6.45) is -2.71. The van der Waals surface area contributed by atoms with Gasteiger partial charge >= 0.3 is 17.9 Å². The van der Waals surface area contributed by atoms with Gasteiger partial charge in [-0.3, -0.25) is 86.3 Å². The van der Waals surface area contributed by atoms with E-state index >= 15 is 0 Å². The molecule has 0 unspecified atom stereocenters. The fourth-order valence-corrected chi connectivity index (χ4v) is 12.4. The number of aliphatic carboxylic acids is 3. The molecule has 2 aromatic rings. The monoisotopic (exact) mass is 1730 g/mol. The Morgan fingerprint density at radius 2 is 0.820 bits per heavy atom. The van der Waals surface area contributed by atoms with E-state index in [2.05, 4.69) is 79.4 Å². The predicted molar refractivity (Wildman–Crippen MR) is 439 cm³/mol. The minimum atomic E-state index is -2.16. The Labute approximate surface area is 705 Å². The first-order chi connectivity index (χ1) is 57.3. The van der Waals surface area contributed by atoms with Crippen molar-refractivity contribution in [1.29, 1.82) is 0 Å². The molecular formula is C77H127N21O24. The van der Waals surface area contributed by atoms with Crippen molar-refractivity contribution in [2.24, 2.45) is 58.1 Å². The molecule has 0 saturated carbocycles. The van der Waals surface area contributed by atoms with Gasteiger partial charge in [0.1, 0.15) is 78.5 Å². The molecule has 45 nitrogen and oxygen atoms in total. The molecule has 0 aliphatic heterocycles. The number of benzene rings is 1. The molecule has 0 spiro atoms. The number of rotatable bonds is 60. The highest BCUT2D eigenvalue weighted by Gasteiger charge is 2.41. The number of nitrogens with one attached hydrogen (secondary N) is 15. The van der Waals surface area contributed by atoms with Crippen LogP contribution in [0.1, 0.15) is 171 Å². The lowest BCUT2D eigenvalue weighted by Gasteiger charge is -2.30. The lowest BCUT2D eigenvalue weighted by atomic mass is 9.96. The van der Waals surface area contributed by atoms with Gasteiger partial charge in [0.15, 0.2) is 0 Å². The Bertz CT molecular complexity index is 3900. The van der Waals surface area contributed by atoms with E-state index in [1.54, 1.807) is 58.9 Å². The average molecular weight is 1730 g/mol. The number of H-pyrrole nitrogens is 1. The smallest absolute Gasteiger partial charge is 0.326 e. The average Bonchev–Trinajstić information content (AvgIpc) is 1.63. The number of carbonyl (C=O) groups is 19. The van der Waals surface area contributed by atoms with Crippen LogP contribution in [0.15, 0.2) is 30.5 Å². The summed E-state index contributed by atoms with van der Waals surface area (Å²) in [5, 5.41) is 84.6. The molecule has 45 heteroatoms. The molecule has 0 fully saturated rings. The highest BCUT2D eigenvalue weighted by molar-refractivity contribution is 6.02. The summed E-state index contributed by atoms with van der Waals surface area (Å²) in [5.41, 5.74) is 34.8. The van der Waals surface area contributed by atoms with E-state index in [-0.39, 0.29) is 51.0 Å². The molecule has 1 heterocycles. The van der Waals surface area contributed by atoms with Crippen molar-refractivity contribution in [2.75, 3.05) is 32.8 Å². The van der Waals surface area contributed by atoms with E-state index in [9.17, 15) is 117 Å². The number of carbonyl (C=O) groups excluding carboxylic acids is 16. The molecule has 1 aromatic carbocycles. The van der Waals surface area contributed by atoms with Crippen molar-refractivity contribution in [3.05, 3.63) is 36.0 Å². The molecule has 0 saturated heterocycles. The number of fused-ring (bicyclic) bond motifs is 1. The van der Waals surface area contributed by atoms with E-state index < -0.39 is 273 Å². The van der Waals surface area contributed by atoms with Gasteiger partial charge in [-0.1, -0.05) is 86.4 Å². The van der Waals surface area contributed by atoms with Crippen LogP contribution in [-0.2, 0) is 97.5 Å². The molecule has 0 aliphatic carbocycles. The molecule has 0 aliphatic rings. The number of aliphatic hydroxyl groups excluding tert-OH is 2. The van der Waals surface area contributed by atoms with Crippen LogP contribution >= 0.6 is 0 Å². The Morgan fingerprint density at radius 1 is 0.418 bits per heavy atom. The number of nitrogens with two attached hydrogens (primary N) is 6. The number of aromatic amines is 1. The Balaban J connectivity index is 2.51. The lowest BCUT2D eigenvalue weighted by Crippen LogP contribution is -2.63. The van der Waals surface area contributed by atoms with Gasteiger partial charge in [-0.2, -0.15) is 0 Å². The summed E-state index contributed by atoms with van der Waals surface area (Å²) in [7, 11) is 0. The number of hydrogen-bond donors (Lipinski definition) is 26. The lowest BCUT2D eigenvalue weighted by molar-refractivity contribution is -0.142. The number of unbranched alkanes of at least 4 members (excludes halogenated alkanes) is 3. The number of aliphatic hydroxyl groups is 2. The second-order valence-corrected chi connectivity index (χ2v) is 30.9. The first-order valence-electron chi connectivity index (χ1n) is 40.5. The van der Waals surface area contributed by atoms with Gasteiger partial charge in [0.2, 0.25) is 94.5 Å². The number of carboxylic acids is 3. The second kappa shape index (κ2) is 54.7. The second-order valence-electron chi connectivity index (χ2n) is 30.9. The quantitative estimate of drug-likeness (QED) is 0.0274. The van der Waals surface area contributed by atoms with E-state index in [1.165, 1.54) is 27.0 Å². The molecule has 1 aromatic heterocycles. The standard InChI is InChI=1S/C77H127N21O24/c1-10-40(8)62(75(119)88-47(24-25-55(82)101)66(110)87-46(22-14-17-27-79)65(109)90-49(29-37(2)3)69(113)95-60(38(4)5)73(117)85-35-57(103)86-48(77(121)122)23-15-18-28-80)97-71(115)53(33-59(106)107)92-67(111)51(31-56(83)102)93-74(118)61(39(6)7)96-76(120)63(41(9)100)98-70(114)50(30-42-34-84-45-21-12-11-19-43(42)45)91-72(116)54(36-99)94-68(112)52(32-58(104)105)89-64(108)44(81)20-13-16-26-78/h11-12,19,21,34,37-41,44,46-54,60-63,84,99-100H,10,13-18,20,22-33,35-36,78-81H2,1-9H3,(H2,82,101)(H2,83,102)(H,85,117)(H,86,103)(H,87,110)(H,88,119)(H,89,108)(H,90,109)(H,91,116)(H,92,111)(H,93,118)(H,94,112)(H,95,113)(H,96,120)(H,97,115)(H,98,114)(H,104,105)(H,106,107)(H,121,122)/t40-,41+,44-,46-,47-,48-,49-,50-,51-,52-,53-,54-,60-,61-,62-,63-/m0/s1. The summed E-state index contributed by atoms with van der Waals surface area (Å²) >= 11 is 0. The molecule has 32 N–H and O–H groups in total. The number of para-hydroxylation sites is 1. The van der Waals surface area contributed by atoms with Gasteiger partial charge in [-0.05, 0) is 126 Å². The molecule has 2 rings (SSSR count). The SMILES string of the molecule is CC[C@H](C)[C@H](NC(=O)[C@H](CC(=O)O)NC(=O)[C@H](CC(N)=O)NC(=O)[C@@H](NC(=O)[C@@H](NC(=O)[C@H](Cc1c[nH]c2ccccc12)NC(=O)[C@H](CO)NC(=O)[C@H](CC(=O)O)NC(=O)[C@@H](N)CCCCN)[C@@H](C)O)C(C)C)C(=O)N[C@@H](CCC(N)=O)C(=O)N[C@@H](CCCCN)C(=O)N[C@@H](CC(C)C)C(=O)N[C@H](C(=O)NCC(=O)N[C@@H](CCCCN)C(=O)O)C(C)C. The zero-order chi connectivity index (χ0) is 92.4. The zero-order valence-corrected chi connectivity index (χ0v) is 70.4. The largest absolute Gasteiger partial charge is 0.481 e. The summed E-state index contributed by atoms with van der Waals surface area (Å²) in [5.74, 6) is -25.2. The third kappa shape index (κ3) is 38.0. The van der Waals surface area contributed by atoms with Crippen molar-refractivity contribution >= 4 is 123 Å². The molecule has 16 amide bonds. The minimum Gasteiger partial charge on any atom is -0.481 e. The molecule has 684 valence electrons. The first kappa shape index (κ1) is 107. The molecule has 16 atom stereocenters. The van der Waals surface area contributed by atoms with Crippen LogP contribution < -0.4 is 109 Å². The molecule has 0 radical (unpaired) electrons. The number of aromatic nitrogens is 1. The van der Waals surface area contributed by atoms with Gasteiger partial charge in [0.05, 0.1) is 44.6 Å². The first-order valence-corrected chi connectivity index (χ1v) is 40.5. The van der Waals surface area contributed by atoms with Crippen LogP contribution in [0, 0.1) is 23.7 Å². The maximum atomic E-state index is 14.6. The molecular weight excluding hydrogens is 1600 g/mol. The Kier molecular flexibility index (Phi) is 47.7. The number of amides is 16. The zero-order valence-electron chi connectivity index (χ0n) is 70.4. The van der Waals surface area contributed by atoms with Crippen molar-refractivity contribution in [3.8, 4) is 0 Å². The summed E-state index contributed by atoms with van der Waals surface area (Å²) in [4.78, 5) is 261. The molecule has 0 bridgehead atoms. The van der Waals surface area contributed by atoms with Crippen LogP contribution in [0.2, 0.25) is 0 Å². The van der Waals surface area contributed by atoms with Crippen LogP contribution in [0.5, 0.6) is 0 Å². The fraction of sp³-hybridized carbons (Fsp3) is 0.649. The van der Waals surface area contributed by atoms with Crippen molar-refractivity contribution in [2.45, 2.75) is 262 Å². The topological polar surface area (TPSA) is 766 Å². The van der Waals surface area contributed by atoms with Crippen molar-refractivity contribution in [1.82, 2.24) is 79.4 Å². The van der Waals surface area contributed by atoms with Gasteiger partial charge < -0.3 is 139 Å². The summed E-state index contributed by atoms with van der Waals surface area (Å²) < 4.78 is 0. The maximum Gasteiger partial charge on any atom is 0.326 e. The van der Waals surface area contributed by atoms with E-state index in [4.69, 9.17) is 34.4 Å². The fourth-order valence-electron chi connectivity index (χ4n) is 12.4. The van der Waals surface area contributed by atoms with Gasteiger partial charge in [-0.25, -0.2) is 4.79 Å². The van der Waals surface area contributed by atoms with E-state index in [1.807, 2.05) is 0 Å². The number of carboxylic acid groups (broad SMARTS) is 3. The third-order valence-corrected chi connectivity index (χ3v) is 19.5. The highest BCUT2D eigenvalue weighted by Crippen LogP contribution is 2.21.